The lowest BCUT2D eigenvalue weighted by atomic mass is 9.96. The molecule has 358 valence electrons. The fraction of sp³-hybridized carbons (Fsp3) is 0.373. The summed E-state index contributed by atoms with van der Waals surface area (Å²) in [6.07, 6.45) is 0.420. The lowest BCUT2D eigenvalue weighted by Crippen LogP contribution is -2.61. The molecule has 1 fully saturated rings. The maximum atomic E-state index is 14.1. The molecule has 0 radical (unpaired) electrons. The van der Waals surface area contributed by atoms with Crippen molar-refractivity contribution in [2.75, 3.05) is 62.5 Å². The Kier molecular flexibility index (Phi) is 18.5. The van der Waals surface area contributed by atoms with Crippen molar-refractivity contribution >= 4 is 7.37 Å². The maximum Gasteiger partial charge on any atom is 0.229 e. The van der Waals surface area contributed by atoms with Gasteiger partial charge in [-0.15, -0.1) is 6.42 Å². The summed E-state index contributed by atoms with van der Waals surface area (Å²) in [5.74, 6) is 7.23. The third-order valence-electron chi connectivity index (χ3n) is 11.0. The molecule has 0 aromatic heterocycles. The van der Waals surface area contributed by atoms with Gasteiger partial charge in [0.2, 0.25) is 13.7 Å². The molecule has 0 aliphatic carbocycles. The Balaban J connectivity index is 1.41. The fourth-order valence-electron chi connectivity index (χ4n) is 7.60. The predicted octanol–water partition coefficient (Wildman–Crippen LogP) is 8.48. The highest BCUT2D eigenvalue weighted by atomic mass is 31.2. The van der Waals surface area contributed by atoms with E-state index < -0.39 is 38.1 Å². The van der Waals surface area contributed by atoms with Gasteiger partial charge in [0.15, 0.2) is 34.5 Å². The Hall–Kier alpha value is -6.11. The molecule has 6 atom stereocenters. The van der Waals surface area contributed by atoms with E-state index in [1.54, 1.807) is 116 Å². The first-order valence-corrected chi connectivity index (χ1v) is 23.5. The summed E-state index contributed by atoms with van der Waals surface area (Å²) < 4.78 is 92.6. The summed E-state index contributed by atoms with van der Waals surface area (Å²) >= 11 is 0. The molecule has 5 aromatic carbocycles. The van der Waals surface area contributed by atoms with Gasteiger partial charge < -0.3 is 66.5 Å². The average Bonchev–Trinajstić information content (AvgIpc) is 3.35. The molecule has 1 aliphatic heterocycles. The van der Waals surface area contributed by atoms with Crippen LogP contribution in [0.1, 0.15) is 28.7 Å². The molecule has 6 rings (SSSR count). The van der Waals surface area contributed by atoms with Gasteiger partial charge in [-0.3, -0.25) is 4.57 Å². The van der Waals surface area contributed by atoms with Gasteiger partial charge in [0.25, 0.3) is 0 Å². The van der Waals surface area contributed by atoms with E-state index in [1.807, 2.05) is 36.4 Å². The Morgan fingerprint density at radius 1 is 0.552 bits per heavy atom. The normalized spacial score (nSPS) is 18.7. The highest BCUT2D eigenvalue weighted by Gasteiger charge is 2.50. The summed E-state index contributed by atoms with van der Waals surface area (Å²) in [5.41, 5.74) is 2.90. The molecule has 1 N–H and O–H groups in total. The van der Waals surface area contributed by atoms with Crippen LogP contribution >= 0.6 is 7.37 Å². The minimum atomic E-state index is -3.86. The number of rotatable bonds is 25. The van der Waals surface area contributed by atoms with E-state index in [0.717, 1.165) is 16.7 Å². The zero-order valence-electron chi connectivity index (χ0n) is 38.8. The van der Waals surface area contributed by atoms with Crippen molar-refractivity contribution in [3.8, 4) is 64.1 Å². The molecule has 5 aromatic rings. The number of hydrogen-bond acceptors (Lipinski definition) is 14. The van der Waals surface area contributed by atoms with E-state index in [2.05, 4.69) is 5.92 Å². The fourth-order valence-corrected chi connectivity index (χ4v) is 9.19. The van der Waals surface area contributed by atoms with Crippen LogP contribution in [0.2, 0.25) is 0 Å². The molecule has 0 amide bonds. The molecular weight excluding hydrogens is 884 g/mol. The molecule has 1 saturated heterocycles. The second kappa shape index (κ2) is 24.6. The Morgan fingerprint density at radius 3 is 1.54 bits per heavy atom. The van der Waals surface area contributed by atoms with Gasteiger partial charge >= 0.3 is 0 Å². The van der Waals surface area contributed by atoms with Crippen LogP contribution in [0.25, 0.3) is 0 Å². The summed E-state index contributed by atoms with van der Waals surface area (Å²) in [4.78, 5) is 11.6. The predicted molar refractivity (Wildman–Crippen MR) is 250 cm³/mol. The lowest BCUT2D eigenvalue weighted by Gasteiger charge is -2.46. The molecule has 0 bridgehead atoms. The maximum absolute atomic E-state index is 14.1. The van der Waals surface area contributed by atoms with E-state index in [4.69, 9.17) is 68.0 Å². The molecule has 67 heavy (non-hydrogen) atoms. The molecule has 1 aliphatic rings. The van der Waals surface area contributed by atoms with E-state index in [0.29, 0.717) is 57.3 Å². The molecule has 0 saturated carbocycles. The van der Waals surface area contributed by atoms with Crippen molar-refractivity contribution in [3.05, 3.63) is 125 Å². The number of hydrogen-bond donors (Lipinski definition) is 1. The minimum absolute atomic E-state index is 0.0642. The van der Waals surface area contributed by atoms with Gasteiger partial charge in [-0.25, -0.2) is 0 Å². The van der Waals surface area contributed by atoms with Crippen LogP contribution in [0, 0.1) is 12.3 Å². The Labute approximate surface area is 392 Å². The average molecular weight is 943 g/mol. The highest BCUT2D eigenvalue weighted by molar-refractivity contribution is 7.57. The van der Waals surface area contributed by atoms with Gasteiger partial charge in [0.1, 0.15) is 42.2 Å². The van der Waals surface area contributed by atoms with Gasteiger partial charge in [0, 0.05) is 12.3 Å². The zero-order valence-corrected chi connectivity index (χ0v) is 39.7. The first kappa shape index (κ1) is 50.3. The topological polar surface area (TPSA) is 157 Å². The summed E-state index contributed by atoms with van der Waals surface area (Å²) in [6, 6.07) is 30.5. The standard InChI is InChI=1S/C51H59O15P/c1-9-24-61-40-12-10-11-37(26-40)33-67(52,53)25-23-44-48(62-30-34-13-20-41(55-3)45(27-34)58-6)49(63-31-35-14-21-42(56-4)46(28-35)59-7)50(51(66-44)65-39-18-16-38(54-2)17-19-39)64-32-36-15-22-43(57-5)47(29-36)60-8/h1,10-22,26-29,44,48-51H,23-25,30-33H2,2-8H3,(H,52,53)/t44-,48-,49+,50+,51?/m1/s1. The smallest absolute Gasteiger partial charge is 0.229 e. The second-order valence-corrected chi connectivity index (χ2v) is 17.8. The molecule has 1 heterocycles. The van der Waals surface area contributed by atoms with Gasteiger partial charge in [0.05, 0.1) is 75.7 Å². The van der Waals surface area contributed by atoms with Crippen molar-refractivity contribution in [2.24, 2.45) is 0 Å². The van der Waals surface area contributed by atoms with Crippen molar-refractivity contribution in [2.45, 2.75) is 63.1 Å². The third-order valence-corrected chi connectivity index (χ3v) is 12.8. The van der Waals surface area contributed by atoms with E-state index >= 15 is 0 Å². The van der Waals surface area contributed by atoms with Crippen LogP contribution in [-0.4, -0.2) is 98.1 Å². The van der Waals surface area contributed by atoms with Crippen molar-refractivity contribution in [1.29, 1.82) is 0 Å². The van der Waals surface area contributed by atoms with Crippen LogP contribution < -0.4 is 42.6 Å². The molecule has 0 spiro atoms. The van der Waals surface area contributed by atoms with Crippen molar-refractivity contribution in [3.63, 3.8) is 0 Å². The quantitative estimate of drug-likeness (QED) is 0.0439. The van der Waals surface area contributed by atoms with E-state index in [1.165, 1.54) is 0 Å². The van der Waals surface area contributed by atoms with Crippen LogP contribution in [0.15, 0.2) is 103 Å². The summed E-state index contributed by atoms with van der Waals surface area (Å²) in [6.45, 7) is 0.263. The molecule has 2 unspecified atom stereocenters. The summed E-state index contributed by atoms with van der Waals surface area (Å²) in [5, 5.41) is 0. The van der Waals surface area contributed by atoms with Crippen molar-refractivity contribution < 1.29 is 71.0 Å². The van der Waals surface area contributed by atoms with Crippen LogP contribution in [0.4, 0.5) is 0 Å². The number of ether oxygens (including phenoxy) is 13. The molecular formula is C51H59O15P. The van der Waals surface area contributed by atoms with Crippen LogP contribution in [0.5, 0.6) is 51.7 Å². The Bertz CT molecular complexity index is 2440. The molecule has 15 nitrogen and oxygen atoms in total. The number of terminal acetylenes is 1. The molecule has 16 heteroatoms. The monoisotopic (exact) mass is 942 g/mol. The lowest BCUT2D eigenvalue weighted by molar-refractivity contribution is -0.304. The SMILES string of the molecule is C#CCOc1cccc(CP(=O)(O)CC[C@H]2OC(Oc3ccc(OC)cc3)[C@@H](OCc3ccc(OC)c(OC)c3)[C@@H](OCc3ccc(OC)c(OC)c3)[C@@H]2OCc2ccc(OC)c(OC)c2)c1. The minimum Gasteiger partial charge on any atom is -0.497 e. The van der Waals surface area contributed by atoms with Gasteiger partial charge in [-0.1, -0.05) is 36.3 Å². The second-order valence-electron chi connectivity index (χ2n) is 15.4. The van der Waals surface area contributed by atoms with E-state index in [9.17, 15) is 9.46 Å². The first-order valence-electron chi connectivity index (χ1n) is 21.4. The zero-order chi connectivity index (χ0) is 47.8. The van der Waals surface area contributed by atoms with Gasteiger partial charge in [-0.05, 0) is 101 Å². The van der Waals surface area contributed by atoms with Gasteiger partial charge in [-0.2, -0.15) is 0 Å². The van der Waals surface area contributed by atoms with Crippen molar-refractivity contribution in [1.82, 2.24) is 0 Å². The highest BCUT2D eigenvalue weighted by Crippen LogP contribution is 2.47. The van der Waals surface area contributed by atoms with E-state index in [-0.39, 0.29) is 45.2 Å². The summed E-state index contributed by atoms with van der Waals surface area (Å²) in [7, 11) is 7.09. The Morgan fingerprint density at radius 2 is 1.04 bits per heavy atom. The number of benzene rings is 5. The third kappa shape index (κ3) is 13.7. The number of methoxy groups -OCH3 is 7. The van der Waals surface area contributed by atoms with Crippen LogP contribution in [0.3, 0.4) is 0 Å². The largest absolute Gasteiger partial charge is 0.497 e. The first-order chi connectivity index (χ1) is 32.5. The van der Waals surface area contributed by atoms with Crippen LogP contribution in [-0.2, 0) is 49.5 Å².